The molecule has 1 aromatic carbocycles. The summed E-state index contributed by atoms with van der Waals surface area (Å²) in [5.41, 5.74) is 22.4. The third-order valence-electron chi connectivity index (χ3n) is 5.48. The molecular weight excluding hydrogens is 363 g/mol. The minimum atomic E-state index is -0.362. The quantitative estimate of drug-likeness (QED) is 0.458. The van der Waals surface area contributed by atoms with E-state index in [1.54, 1.807) is 18.2 Å². The van der Waals surface area contributed by atoms with Gasteiger partial charge in [-0.25, -0.2) is 4.39 Å². The predicted molar refractivity (Wildman–Crippen MR) is 122 cm³/mol. The van der Waals surface area contributed by atoms with Crippen molar-refractivity contribution >= 4 is 11.4 Å². The minimum absolute atomic E-state index is 0.124. The summed E-state index contributed by atoms with van der Waals surface area (Å²) in [6, 6.07) is 5.20. The molecule has 158 valence electrons. The van der Waals surface area contributed by atoms with E-state index >= 15 is 0 Å². The zero-order valence-electron chi connectivity index (χ0n) is 18.0. The van der Waals surface area contributed by atoms with Gasteiger partial charge in [0.25, 0.3) is 0 Å². The van der Waals surface area contributed by atoms with E-state index in [2.05, 4.69) is 20.4 Å². The van der Waals surface area contributed by atoms with Crippen LogP contribution in [0.15, 0.2) is 53.2 Å². The molecule has 0 heterocycles. The molecule has 5 heteroatoms. The Labute approximate surface area is 174 Å². The van der Waals surface area contributed by atoms with Crippen LogP contribution < -0.4 is 17.2 Å². The Hall–Kier alpha value is -2.40. The fourth-order valence-corrected chi connectivity index (χ4v) is 3.76. The SMILES string of the molecule is C=C/C=C(N)\C(C(CCC)=NC1CCC(C)(N)CC1)=C(\N)c1ccc(C)cc1F. The molecule has 0 amide bonds. The summed E-state index contributed by atoms with van der Waals surface area (Å²) in [6.45, 7) is 9.75. The molecule has 1 aliphatic rings. The van der Waals surface area contributed by atoms with E-state index in [1.807, 2.05) is 13.0 Å². The molecule has 0 saturated heterocycles. The van der Waals surface area contributed by atoms with Crippen molar-refractivity contribution in [2.75, 3.05) is 0 Å². The van der Waals surface area contributed by atoms with Gasteiger partial charge in [0.15, 0.2) is 0 Å². The van der Waals surface area contributed by atoms with Gasteiger partial charge < -0.3 is 17.2 Å². The van der Waals surface area contributed by atoms with Gasteiger partial charge in [-0.2, -0.15) is 0 Å². The number of benzene rings is 1. The standard InChI is InChI=1S/C24H35FN4/c1-5-7-20(26)22(23(27)18-10-9-16(3)15-19(18)25)21(8-6-2)29-17-11-13-24(4,28)14-12-17/h5,7,9-10,15,17H,1,6,8,11-14,26-28H2,2-4H3/b20-7+,23-22-,29-21?. The number of hydrogen-bond acceptors (Lipinski definition) is 4. The highest BCUT2D eigenvalue weighted by Crippen LogP contribution is 2.30. The van der Waals surface area contributed by atoms with Crippen LogP contribution in [0.1, 0.15) is 63.5 Å². The lowest BCUT2D eigenvalue weighted by Crippen LogP contribution is -2.41. The Morgan fingerprint density at radius 3 is 2.52 bits per heavy atom. The van der Waals surface area contributed by atoms with E-state index < -0.39 is 0 Å². The van der Waals surface area contributed by atoms with Crippen molar-refractivity contribution in [3.05, 3.63) is 65.1 Å². The third kappa shape index (κ3) is 6.04. The Morgan fingerprint density at radius 1 is 1.31 bits per heavy atom. The second-order valence-electron chi connectivity index (χ2n) is 8.34. The van der Waals surface area contributed by atoms with Crippen molar-refractivity contribution in [1.82, 2.24) is 0 Å². The molecule has 1 saturated carbocycles. The number of aliphatic imine (C=N–C) groups is 1. The van der Waals surface area contributed by atoms with Crippen molar-refractivity contribution in [2.45, 2.75) is 70.9 Å². The first kappa shape index (κ1) is 22.9. The van der Waals surface area contributed by atoms with E-state index in [0.29, 0.717) is 29.0 Å². The van der Waals surface area contributed by atoms with Crippen molar-refractivity contribution in [1.29, 1.82) is 0 Å². The number of halogens is 1. The first-order valence-corrected chi connectivity index (χ1v) is 10.4. The van der Waals surface area contributed by atoms with E-state index in [4.69, 9.17) is 22.2 Å². The topological polar surface area (TPSA) is 90.4 Å². The van der Waals surface area contributed by atoms with Crippen LogP contribution >= 0.6 is 0 Å². The monoisotopic (exact) mass is 398 g/mol. The van der Waals surface area contributed by atoms with E-state index in [9.17, 15) is 4.39 Å². The zero-order valence-corrected chi connectivity index (χ0v) is 18.0. The number of rotatable bonds is 7. The number of nitrogens with two attached hydrogens (primary N) is 3. The number of aryl methyl sites for hydroxylation is 1. The van der Waals surface area contributed by atoms with E-state index in [-0.39, 0.29) is 17.4 Å². The van der Waals surface area contributed by atoms with Crippen LogP contribution in [0.5, 0.6) is 0 Å². The minimum Gasteiger partial charge on any atom is -0.398 e. The van der Waals surface area contributed by atoms with Gasteiger partial charge >= 0.3 is 0 Å². The average Bonchev–Trinajstić information content (AvgIpc) is 2.64. The summed E-state index contributed by atoms with van der Waals surface area (Å²) < 4.78 is 14.7. The largest absolute Gasteiger partial charge is 0.398 e. The first-order chi connectivity index (χ1) is 13.7. The summed E-state index contributed by atoms with van der Waals surface area (Å²) in [5.74, 6) is -0.362. The lowest BCUT2D eigenvalue weighted by atomic mass is 9.81. The molecule has 1 fully saturated rings. The van der Waals surface area contributed by atoms with Crippen LogP contribution in [0.2, 0.25) is 0 Å². The van der Waals surface area contributed by atoms with Gasteiger partial charge in [-0.3, -0.25) is 4.99 Å². The molecule has 0 aliphatic heterocycles. The zero-order chi connectivity index (χ0) is 21.6. The lowest BCUT2D eigenvalue weighted by molar-refractivity contribution is 0.297. The Morgan fingerprint density at radius 2 is 1.97 bits per heavy atom. The molecule has 0 aromatic heterocycles. The Kier molecular flexibility index (Phi) is 7.80. The first-order valence-electron chi connectivity index (χ1n) is 10.4. The van der Waals surface area contributed by atoms with Gasteiger partial charge in [-0.1, -0.05) is 32.1 Å². The van der Waals surface area contributed by atoms with Gasteiger partial charge in [-0.05, 0) is 69.7 Å². The molecule has 29 heavy (non-hydrogen) atoms. The molecule has 0 spiro atoms. The maximum absolute atomic E-state index is 14.7. The maximum Gasteiger partial charge on any atom is 0.132 e. The van der Waals surface area contributed by atoms with Gasteiger partial charge in [0.2, 0.25) is 0 Å². The van der Waals surface area contributed by atoms with Crippen molar-refractivity contribution < 1.29 is 4.39 Å². The molecule has 4 nitrogen and oxygen atoms in total. The highest BCUT2D eigenvalue weighted by Gasteiger charge is 2.28. The van der Waals surface area contributed by atoms with Crippen LogP contribution in [-0.2, 0) is 0 Å². The molecule has 0 atom stereocenters. The van der Waals surface area contributed by atoms with E-state index in [1.165, 1.54) is 6.07 Å². The van der Waals surface area contributed by atoms with Gasteiger partial charge in [0.1, 0.15) is 5.82 Å². The average molecular weight is 399 g/mol. The van der Waals surface area contributed by atoms with Crippen LogP contribution in [-0.4, -0.2) is 17.3 Å². The summed E-state index contributed by atoms with van der Waals surface area (Å²) >= 11 is 0. The molecule has 1 aromatic rings. The van der Waals surface area contributed by atoms with Crippen molar-refractivity contribution in [3.63, 3.8) is 0 Å². The molecule has 1 aliphatic carbocycles. The Bertz CT molecular complexity index is 823. The van der Waals surface area contributed by atoms with Crippen molar-refractivity contribution in [3.8, 4) is 0 Å². The lowest BCUT2D eigenvalue weighted by Gasteiger charge is -2.33. The maximum atomic E-state index is 14.7. The molecule has 2 rings (SSSR count). The van der Waals surface area contributed by atoms with Crippen LogP contribution in [0.25, 0.3) is 5.70 Å². The summed E-state index contributed by atoms with van der Waals surface area (Å²) in [7, 11) is 0. The second-order valence-corrected chi connectivity index (χ2v) is 8.34. The van der Waals surface area contributed by atoms with Crippen LogP contribution in [0.3, 0.4) is 0 Å². The molecular formula is C24H35FN4. The highest BCUT2D eigenvalue weighted by molar-refractivity contribution is 6.09. The predicted octanol–water partition coefficient (Wildman–Crippen LogP) is 4.73. The van der Waals surface area contributed by atoms with Gasteiger partial charge in [0.05, 0.1) is 11.7 Å². The van der Waals surface area contributed by atoms with Gasteiger partial charge in [-0.15, -0.1) is 0 Å². The fraction of sp³-hybridized carbons (Fsp3) is 0.458. The number of nitrogens with zero attached hydrogens (tertiary/aromatic N) is 1. The van der Waals surface area contributed by atoms with Crippen LogP contribution in [0, 0.1) is 12.7 Å². The van der Waals surface area contributed by atoms with Crippen molar-refractivity contribution in [2.24, 2.45) is 22.2 Å². The summed E-state index contributed by atoms with van der Waals surface area (Å²) in [6.07, 6.45) is 8.61. The van der Waals surface area contributed by atoms with E-state index in [0.717, 1.165) is 43.4 Å². The molecule has 0 bridgehead atoms. The fourth-order valence-electron chi connectivity index (χ4n) is 3.76. The summed E-state index contributed by atoms with van der Waals surface area (Å²) in [5, 5.41) is 0. The molecule has 6 N–H and O–H groups in total. The smallest absolute Gasteiger partial charge is 0.132 e. The third-order valence-corrected chi connectivity index (χ3v) is 5.48. The van der Waals surface area contributed by atoms with Crippen LogP contribution in [0.4, 0.5) is 4.39 Å². The Balaban J connectivity index is 2.56. The second kappa shape index (κ2) is 9.88. The van der Waals surface area contributed by atoms with Gasteiger partial charge in [0, 0.05) is 28.1 Å². The normalized spacial score (nSPS) is 24.2. The highest BCUT2D eigenvalue weighted by atomic mass is 19.1. The number of allylic oxidation sites excluding steroid dienone is 3. The summed E-state index contributed by atoms with van der Waals surface area (Å²) in [4.78, 5) is 5.03. The molecule has 0 radical (unpaired) electrons. The molecule has 0 unspecified atom stereocenters. The number of hydrogen-bond donors (Lipinski definition) is 3.